The summed E-state index contributed by atoms with van der Waals surface area (Å²) in [5.74, 6) is -0.282. The Labute approximate surface area is 158 Å². The fourth-order valence-electron chi connectivity index (χ4n) is 2.75. The first-order valence-corrected chi connectivity index (χ1v) is 9.98. The van der Waals surface area contributed by atoms with Gasteiger partial charge in [-0.3, -0.25) is 4.79 Å². The zero-order valence-electron chi connectivity index (χ0n) is 14.8. The maximum atomic E-state index is 12.4. The summed E-state index contributed by atoms with van der Waals surface area (Å²) in [5.41, 5.74) is 3.59. The molecule has 3 rings (SSSR count). The van der Waals surface area contributed by atoms with Crippen LogP contribution in [0, 0.1) is 0 Å². The molecule has 1 unspecified atom stereocenters. The highest BCUT2D eigenvalue weighted by atomic mass is 32.2. The fourth-order valence-corrected chi connectivity index (χ4v) is 3.27. The van der Waals surface area contributed by atoms with E-state index in [4.69, 9.17) is 5.14 Å². The van der Waals surface area contributed by atoms with Crippen molar-refractivity contribution in [2.75, 3.05) is 0 Å². The maximum Gasteiger partial charge on any atom is 0.251 e. The molecule has 0 aliphatic rings. The first-order chi connectivity index (χ1) is 12.8. The molecule has 3 aromatic carbocycles. The third-order valence-electron chi connectivity index (χ3n) is 4.31. The van der Waals surface area contributed by atoms with E-state index in [2.05, 4.69) is 5.32 Å². The Morgan fingerprint density at radius 2 is 1.41 bits per heavy atom. The van der Waals surface area contributed by atoms with Crippen molar-refractivity contribution in [2.24, 2.45) is 5.14 Å². The van der Waals surface area contributed by atoms with Gasteiger partial charge in [0.1, 0.15) is 0 Å². The van der Waals surface area contributed by atoms with E-state index in [0.717, 1.165) is 16.7 Å². The number of amides is 1. The van der Waals surface area contributed by atoms with Crippen LogP contribution < -0.4 is 10.5 Å². The molecule has 0 heterocycles. The van der Waals surface area contributed by atoms with Gasteiger partial charge in [0, 0.05) is 5.56 Å². The molecule has 0 spiro atoms. The molecule has 138 valence electrons. The summed E-state index contributed by atoms with van der Waals surface area (Å²) < 4.78 is 22.6. The average Bonchev–Trinajstić information content (AvgIpc) is 2.68. The Kier molecular flexibility index (Phi) is 5.39. The number of carbonyl (C=O) groups is 1. The number of nitrogens with two attached hydrogens (primary N) is 1. The van der Waals surface area contributed by atoms with Gasteiger partial charge in [0.25, 0.3) is 5.91 Å². The minimum absolute atomic E-state index is 0.0244. The zero-order chi connectivity index (χ0) is 19.4. The Morgan fingerprint density at radius 3 is 1.96 bits per heavy atom. The van der Waals surface area contributed by atoms with Crippen LogP contribution in [0.2, 0.25) is 0 Å². The van der Waals surface area contributed by atoms with Gasteiger partial charge < -0.3 is 5.32 Å². The van der Waals surface area contributed by atoms with E-state index >= 15 is 0 Å². The average molecular weight is 380 g/mol. The van der Waals surface area contributed by atoms with Gasteiger partial charge in [-0.25, -0.2) is 13.6 Å². The summed E-state index contributed by atoms with van der Waals surface area (Å²) in [4.78, 5) is 12.4. The summed E-state index contributed by atoms with van der Waals surface area (Å²) in [5, 5.41) is 7.98. The first-order valence-electron chi connectivity index (χ1n) is 8.44. The molecule has 0 saturated heterocycles. The van der Waals surface area contributed by atoms with Crippen LogP contribution in [0.4, 0.5) is 0 Å². The topological polar surface area (TPSA) is 89.3 Å². The van der Waals surface area contributed by atoms with Crippen LogP contribution in [-0.2, 0) is 10.0 Å². The van der Waals surface area contributed by atoms with Crippen LogP contribution in [0.3, 0.4) is 0 Å². The van der Waals surface area contributed by atoms with Crippen molar-refractivity contribution in [1.82, 2.24) is 5.32 Å². The van der Waals surface area contributed by atoms with Crippen LogP contribution >= 0.6 is 0 Å². The van der Waals surface area contributed by atoms with Gasteiger partial charge in [0.2, 0.25) is 10.0 Å². The van der Waals surface area contributed by atoms with Gasteiger partial charge in [-0.15, -0.1) is 0 Å². The highest BCUT2D eigenvalue weighted by Crippen LogP contribution is 2.22. The highest BCUT2D eigenvalue weighted by Gasteiger charge is 2.13. The summed E-state index contributed by atoms with van der Waals surface area (Å²) in [6, 6.07) is 23.4. The first kappa shape index (κ1) is 18.8. The summed E-state index contributed by atoms with van der Waals surface area (Å²) in [7, 11) is -3.77. The Hall–Kier alpha value is -2.96. The number of benzene rings is 3. The van der Waals surface area contributed by atoms with E-state index in [9.17, 15) is 13.2 Å². The van der Waals surface area contributed by atoms with Crippen molar-refractivity contribution in [3.63, 3.8) is 0 Å². The lowest BCUT2D eigenvalue weighted by Crippen LogP contribution is -2.26. The molecule has 6 heteroatoms. The second-order valence-corrected chi connectivity index (χ2v) is 7.81. The van der Waals surface area contributed by atoms with E-state index in [-0.39, 0.29) is 16.8 Å². The standard InChI is InChI=1S/C21H20N2O3S/c1-15(16-7-9-18(10-8-16)17-5-3-2-4-6-17)23-21(24)19-11-13-20(14-12-19)27(22,25)26/h2-15H,1H3,(H,23,24)(H2,22,25,26). The SMILES string of the molecule is CC(NC(=O)c1ccc(S(N)(=O)=O)cc1)c1ccc(-c2ccccc2)cc1. The highest BCUT2D eigenvalue weighted by molar-refractivity contribution is 7.89. The van der Waals surface area contributed by atoms with Crippen molar-refractivity contribution in [1.29, 1.82) is 0 Å². The molecular weight excluding hydrogens is 360 g/mol. The van der Waals surface area contributed by atoms with Crippen LogP contribution in [0.1, 0.15) is 28.9 Å². The smallest absolute Gasteiger partial charge is 0.251 e. The second-order valence-electron chi connectivity index (χ2n) is 6.25. The van der Waals surface area contributed by atoms with Gasteiger partial charge in [-0.05, 0) is 47.9 Å². The van der Waals surface area contributed by atoms with Gasteiger partial charge in [0.05, 0.1) is 10.9 Å². The predicted molar refractivity (Wildman–Crippen MR) is 106 cm³/mol. The van der Waals surface area contributed by atoms with Gasteiger partial charge in [0.15, 0.2) is 0 Å². The Balaban J connectivity index is 1.69. The van der Waals surface area contributed by atoms with Crippen LogP contribution in [0.15, 0.2) is 83.8 Å². The second kappa shape index (κ2) is 7.73. The third-order valence-corrected chi connectivity index (χ3v) is 5.24. The molecule has 3 aromatic rings. The summed E-state index contributed by atoms with van der Waals surface area (Å²) in [6.45, 7) is 1.90. The van der Waals surface area contributed by atoms with Crippen LogP contribution in [-0.4, -0.2) is 14.3 Å². The quantitative estimate of drug-likeness (QED) is 0.710. The molecule has 0 bridgehead atoms. The van der Waals surface area contributed by atoms with Crippen molar-refractivity contribution in [3.05, 3.63) is 90.0 Å². The molecule has 0 aromatic heterocycles. The minimum Gasteiger partial charge on any atom is -0.346 e. The molecule has 0 fully saturated rings. The number of sulfonamides is 1. The predicted octanol–water partition coefficient (Wildman–Crippen LogP) is 3.49. The molecule has 1 atom stereocenters. The van der Waals surface area contributed by atoms with Gasteiger partial charge >= 0.3 is 0 Å². The number of rotatable bonds is 5. The molecule has 27 heavy (non-hydrogen) atoms. The number of carbonyl (C=O) groups excluding carboxylic acids is 1. The molecule has 0 radical (unpaired) electrons. The molecule has 1 amide bonds. The Bertz CT molecular complexity index is 1030. The van der Waals surface area contributed by atoms with E-state index in [1.165, 1.54) is 24.3 Å². The van der Waals surface area contributed by atoms with Crippen molar-refractivity contribution in [2.45, 2.75) is 17.9 Å². The van der Waals surface area contributed by atoms with E-state index in [1.807, 2.05) is 61.5 Å². The summed E-state index contributed by atoms with van der Waals surface area (Å²) in [6.07, 6.45) is 0. The van der Waals surface area contributed by atoms with E-state index in [1.54, 1.807) is 0 Å². The lowest BCUT2D eigenvalue weighted by molar-refractivity contribution is 0.0940. The number of primary sulfonamides is 1. The zero-order valence-corrected chi connectivity index (χ0v) is 15.6. The normalized spacial score (nSPS) is 12.4. The van der Waals surface area contributed by atoms with E-state index < -0.39 is 10.0 Å². The minimum atomic E-state index is -3.77. The maximum absolute atomic E-state index is 12.4. The molecule has 0 saturated carbocycles. The van der Waals surface area contributed by atoms with Crippen molar-refractivity contribution in [3.8, 4) is 11.1 Å². The molecule has 3 N–H and O–H groups in total. The third kappa shape index (κ3) is 4.61. The van der Waals surface area contributed by atoms with Crippen molar-refractivity contribution < 1.29 is 13.2 Å². The molecule has 0 aliphatic heterocycles. The van der Waals surface area contributed by atoms with Crippen molar-refractivity contribution >= 4 is 15.9 Å². The molecule has 5 nitrogen and oxygen atoms in total. The van der Waals surface area contributed by atoms with Gasteiger partial charge in [-0.2, -0.15) is 0 Å². The lowest BCUT2D eigenvalue weighted by atomic mass is 10.0. The molecular formula is C21H20N2O3S. The monoisotopic (exact) mass is 380 g/mol. The summed E-state index contributed by atoms with van der Waals surface area (Å²) >= 11 is 0. The van der Waals surface area contributed by atoms with Crippen LogP contribution in [0.5, 0.6) is 0 Å². The lowest BCUT2D eigenvalue weighted by Gasteiger charge is -2.15. The van der Waals surface area contributed by atoms with Gasteiger partial charge in [-0.1, -0.05) is 54.6 Å². The number of hydrogen-bond acceptors (Lipinski definition) is 3. The largest absolute Gasteiger partial charge is 0.346 e. The Morgan fingerprint density at radius 1 is 0.852 bits per heavy atom. The van der Waals surface area contributed by atoms with E-state index in [0.29, 0.717) is 5.56 Å². The molecule has 0 aliphatic carbocycles. The number of hydrogen-bond donors (Lipinski definition) is 2. The number of nitrogens with one attached hydrogen (secondary N) is 1. The fraction of sp³-hybridized carbons (Fsp3) is 0.0952. The van der Waals surface area contributed by atoms with Crippen LogP contribution in [0.25, 0.3) is 11.1 Å².